The van der Waals surface area contributed by atoms with Gasteiger partial charge in [0, 0.05) is 11.1 Å². The molecule has 3 unspecified atom stereocenters. The van der Waals surface area contributed by atoms with Crippen LogP contribution in [0.5, 0.6) is 0 Å². The van der Waals surface area contributed by atoms with E-state index in [9.17, 15) is 4.79 Å². The number of halogens is 1. The minimum atomic E-state index is -0.476. The number of hydrogen-bond acceptors (Lipinski definition) is 2. The summed E-state index contributed by atoms with van der Waals surface area (Å²) >= 11 is 6.14. The van der Waals surface area contributed by atoms with Gasteiger partial charge in [0.1, 0.15) is 6.17 Å². The Hall–Kier alpha value is -1.06. The van der Waals surface area contributed by atoms with Crippen LogP contribution in [0.1, 0.15) is 51.8 Å². The normalized spacial score (nSPS) is 30.8. The number of amides is 1. The topological polar surface area (TPSA) is 32.3 Å². The molecule has 2 fully saturated rings. The molecular weight excluding hydrogens is 284 g/mol. The molecule has 1 saturated carbocycles. The van der Waals surface area contributed by atoms with E-state index in [1.54, 1.807) is 0 Å². The van der Waals surface area contributed by atoms with Gasteiger partial charge >= 0.3 is 0 Å². The van der Waals surface area contributed by atoms with E-state index in [0.29, 0.717) is 10.9 Å². The third-order valence-electron chi connectivity index (χ3n) is 5.05. The summed E-state index contributed by atoms with van der Waals surface area (Å²) in [6, 6.07) is 8.11. The van der Waals surface area contributed by atoms with Gasteiger partial charge in [-0.3, -0.25) is 10.1 Å². The SMILES string of the molecule is CCC1(C)NC(c2cccc(Cl)c2)N(C(C)C2CC2)C1=O. The smallest absolute Gasteiger partial charge is 0.244 e. The van der Waals surface area contributed by atoms with Gasteiger partial charge in [0.15, 0.2) is 0 Å². The molecule has 3 rings (SSSR count). The van der Waals surface area contributed by atoms with E-state index in [1.165, 1.54) is 12.8 Å². The third-order valence-corrected chi connectivity index (χ3v) is 5.29. The first-order valence-electron chi connectivity index (χ1n) is 7.82. The van der Waals surface area contributed by atoms with Crippen LogP contribution in [0.4, 0.5) is 0 Å². The van der Waals surface area contributed by atoms with Crippen molar-refractivity contribution in [2.24, 2.45) is 5.92 Å². The zero-order chi connectivity index (χ0) is 15.2. The first kappa shape index (κ1) is 14.9. The van der Waals surface area contributed by atoms with Gasteiger partial charge in [-0.25, -0.2) is 0 Å². The molecule has 0 bridgehead atoms. The van der Waals surface area contributed by atoms with Crippen LogP contribution in [0, 0.1) is 5.92 Å². The van der Waals surface area contributed by atoms with E-state index in [2.05, 4.69) is 19.2 Å². The Bertz CT molecular complexity index is 557. The van der Waals surface area contributed by atoms with Gasteiger partial charge in [0.05, 0.1) is 5.54 Å². The number of carbonyl (C=O) groups excluding carboxylic acids is 1. The predicted octanol–water partition coefficient (Wildman–Crippen LogP) is 3.74. The second-order valence-electron chi connectivity index (χ2n) is 6.58. The van der Waals surface area contributed by atoms with Crippen LogP contribution < -0.4 is 5.32 Å². The fraction of sp³-hybridized carbons (Fsp3) is 0.588. The van der Waals surface area contributed by atoms with E-state index in [0.717, 1.165) is 12.0 Å². The standard InChI is InChI=1S/C17H23ClN2O/c1-4-17(3)16(21)20(11(2)12-8-9-12)15(19-17)13-6-5-7-14(18)10-13/h5-7,10-12,15,19H,4,8-9H2,1-3H3. The van der Waals surface area contributed by atoms with Crippen LogP contribution in [0.15, 0.2) is 24.3 Å². The van der Waals surface area contributed by atoms with Crippen molar-refractivity contribution < 1.29 is 4.79 Å². The average molecular weight is 307 g/mol. The highest BCUT2D eigenvalue weighted by Crippen LogP contribution is 2.42. The number of hydrogen-bond donors (Lipinski definition) is 1. The highest BCUT2D eigenvalue weighted by Gasteiger charge is 2.51. The maximum atomic E-state index is 12.9. The highest BCUT2D eigenvalue weighted by atomic mass is 35.5. The lowest BCUT2D eigenvalue weighted by Gasteiger charge is -2.31. The summed E-state index contributed by atoms with van der Waals surface area (Å²) in [5.41, 5.74) is 0.594. The van der Waals surface area contributed by atoms with E-state index in [4.69, 9.17) is 11.6 Å². The molecule has 2 aliphatic rings. The zero-order valence-electron chi connectivity index (χ0n) is 12.9. The van der Waals surface area contributed by atoms with E-state index in [-0.39, 0.29) is 18.1 Å². The molecule has 114 valence electrons. The highest BCUT2D eigenvalue weighted by molar-refractivity contribution is 6.30. The summed E-state index contributed by atoms with van der Waals surface area (Å²) in [6.07, 6.45) is 3.18. The molecule has 3 atom stereocenters. The lowest BCUT2D eigenvalue weighted by Crippen LogP contribution is -2.44. The Kier molecular flexibility index (Phi) is 3.74. The van der Waals surface area contributed by atoms with Gasteiger partial charge in [-0.15, -0.1) is 0 Å². The van der Waals surface area contributed by atoms with Gasteiger partial charge in [-0.2, -0.15) is 0 Å². The monoisotopic (exact) mass is 306 g/mol. The fourth-order valence-electron chi connectivity index (χ4n) is 3.23. The lowest BCUT2D eigenvalue weighted by molar-refractivity contribution is -0.135. The van der Waals surface area contributed by atoms with Crippen molar-refractivity contribution in [2.75, 3.05) is 0 Å². The molecule has 0 radical (unpaired) electrons. The molecule has 1 saturated heterocycles. The number of nitrogens with zero attached hydrogens (tertiary/aromatic N) is 1. The van der Waals surface area contributed by atoms with Crippen LogP contribution in [-0.4, -0.2) is 22.4 Å². The van der Waals surface area contributed by atoms with E-state index >= 15 is 0 Å². The van der Waals surface area contributed by atoms with Crippen LogP contribution >= 0.6 is 11.6 Å². The largest absolute Gasteiger partial charge is 0.318 e. The van der Waals surface area contributed by atoms with Crippen molar-refractivity contribution in [3.63, 3.8) is 0 Å². The van der Waals surface area contributed by atoms with Crippen molar-refractivity contribution in [3.05, 3.63) is 34.9 Å². The summed E-state index contributed by atoms with van der Waals surface area (Å²) < 4.78 is 0. The molecule has 1 aliphatic heterocycles. The number of carbonyl (C=O) groups is 1. The van der Waals surface area contributed by atoms with Crippen molar-refractivity contribution in [1.29, 1.82) is 0 Å². The first-order chi connectivity index (χ1) is 9.96. The molecule has 4 heteroatoms. The molecule has 0 spiro atoms. The Morgan fingerprint density at radius 2 is 2.19 bits per heavy atom. The molecule has 3 nitrogen and oxygen atoms in total. The van der Waals surface area contributed by atoms with Crippen molar-refractivity contribution >= 4 is 17.5 Å². The van der Waals surface area contributed by atoms with Crippen molar-refractivity contribution in [2.45, 2.75) is 57.8 Å². The molecule has 1 N–H and O–H groups in total. The quantitative estimate of drug-likeness (QED) is 0.919. The molecule has 0 aromatic heterocycles. The fourth-order valence-corrected chi connectivity index (χ4v) is 3.43. The first-order valence-corrected chi connectivity index (χ1v) is 8.20. The van der Waals surface area contributed by atoms with Crippen molar-refractivity contribution in [1.82, 2.24) is 10.2 Å². The maximum absolute atomic E-state index is 12.9. The molecular formula is C17H23ClN2O. The Morgan fingerprint density at radius 1 is 1.48 bits per heavy atom. The molecule has 1 aliphatic carbocycles. The zero-order valence-corrected chi connectivity index (χ0v) is 13.7. The Morgan fingerprint density at radius 3 is 2.76 bits per heavy atom. The summed E-state index contributed by atoms with van der Waals surface area (Å²) in [6.45, 7) is 6.24. The minimum absolute atomic E-state index is 0.0725. The van der Waals surface area contributed by atoms with Crippen LogP contribution in [0.3, 0.4) is 0 Å². The summed E-state index contributed by atoms with van der Waals surface area (Å²) in [5.74, 6) is 0.867. The van der Waals surface area contributed by atoms with E-state index in [1.807, 2.05) is 36.1 Å². The molecule has 1 aromatic rings. The third kappa shape index (κ3) is 2.58. The number of benzene rings is 1. The summed E-state index contributed by atoms with van der Waals surface area (Å²) in [7, 11) is 0. The minimum Gasteiger partial charge on any atom is -0.318 e. The predicted molar refractivity (Wildman–Crippen MR) is 85.1 cm³/mol. The lowest BCUT2D eigenvalue weighted by atomic mass is 9.99. The van der Waals surface area contributed by atoms with Gasteiger partial charge in [0.2, 0.25) is 5.91 Å². The summed E-state index contributed by atoms with van der Waals surface area (Å²) in [4.78, 5) is 15.0. The number of rotatable bonds is 4. The van der Waals surface area contributed by atoms with Gasteiger partial charge in [0.25, 0.3) is 0 Å². The van der Waals surface area contributed by atoms with Crippen LogP contribution in [-0.2, 0) is 4.79 Å². The van der Waals surface area contributed by atoms with Gasteiger partial charge < -0.3 is 4.90 Å². The number of nitrogens with one attached hydrogen (secondary N) is 1. The van der Waals surface area contributed by atoms with Gasteiger partial charge in [-0.05, 0) is 56.7 Å². The molecule has 1 amide bonds. The molecule has 1 heterocycles. The van der Waals surface area contributed by atoms with E-state index < -0.39 is 5.54 Å². The van der Waals surface area contributed by atoms with Crippen LogP contribution in [0.25, 0.3) is 0 Å². The van der Waals surface area contributed by atoms with Gasteiger partial charge in [-0.1, -0.05) is 30.7 Å². The second-order valence-corrected chi connectivity index (χ2v) is 7.01. The Balaban J connectivity index is 1.97. The van der Waals surface area contributed by atoms with Crippen molar-refractivity contribution in [3.8, 4) is 0 Å². The maximum Gasteiger partial charge on any atom is 0.244 e. The van der Waals surface area contributed by atoms with Crippen LogP contribution in [0.2, 0.25) is 5.02 Å². The molecule has 21 heavy (non-hydrogen) atoms. The second kappa shape index (κ2) is 5.29. The Labute approximate surface area is 131 Å². The average Bonchev–Trinajstić information content (AvgIpc) is 3.27. The molecule has 1 aromatic carbocycles. The summed E-state index contributed by atoms with van der Waals surface area (Å²) in [5, 5.41) is 4.26.